The molecule has 9 nitrogen and oxygen atoms in total. The highest BCUT2D eigenvalue weighted by Crippen LogP contribution is 2.36. The lowest BCUT2D eigenvalue weighted by molar-refractivity contribution is -0.127. The fourth-order valence-electron chi connectivity index (χ4n) is 6.94. The summed E-state index contributed by atoms with van der Waals surface area (Å²) in [4.78, 5) is 34.8. The summed E-state index contributed by atoms with van der Waals surface area (Å²) in [5.41, 5.74) is 4.54. The van der Waals surface area contributed by atoms with Crippen molar-refractivity contribution in [2.45, 2.75) is 64.3 Å². The van der Waals surface area contributed by atoms with Crippen LogP contribution in [0.15, 0.2) is 36.4 Å². The highest BCUT2D eigenvalue weighted by atomic mass is 16.5. The molecule has 1 saturated heterocycles. The predicted octanol–water partition coefficient (Wildman–Crippen LogP) is 4.32. The molecule has 1 aromatic heterocycles. The first kappa shape index (κ1) is 29.7. The summed E-state index contributed by atoms with van der Waals surface area (Å²) in [6.07, 6.45) is 9.94. The van der Waals surface area contributed by atoms with Crippen LogP contribution < -0.4 is 14.5 Å². The van der Waals surface area contributed by atoms with Gasteiger partial charge in [0.2, 0.25) is 6.54 Å². The number of hydrogen-bond donors (Lipinski definition) is 0. The predicted molar refractivity (Wildman–Crippen MR) is 174 cm³/mol. The number of ether oxygens (including phenoxy) is 1. The molecule has 0 bridgehead atoms. The second-order valence-corrected chi connectivity index (χ2v) is 12.4. The van der Waals surface area contributed by atoms with Crippen molar-refractivity contribution in [2.24, 2.45) is 0 Å². The number of fused-ring (bicyclic) bond motifs is 2. The van der Waals surface area contributed by atoms with Crippen molar-refractivity contribution >= 4 is 28.2 Å². The topological polar surface area (TPSA) is 69.4 Å². The number of carbonyl (C=O) groups is 1. The molecule has 0 spiro atoms. The van der Waals surface area contributed by atoms with Gasteiger partial charge in [0.15, 0.2) is 0 Å². The zero-order valence-electron chi connectivity index (χ0n) is 26.0. The Morgan fingerprint density at radius 3 is 2.70 bits per heavy atom. The maximum Gasteiger partial charge on any atom is 0.318 e. The van der Waals surface area contributed by atoms with Gasteiger partial charge >= 0.3 is 6.01 Å². The summed E-state index contributed by atoms with van der Waals surface area (Å²) < 4.78 is 6.43. The van der Waals surface area contributed by atoms with E-state index in [9.17, 15) is 4.79 Å². The number of nitrogens with zero attached hydrogens (tertiary/aromatic N) is 7. The molecule has 44 heavy (non-hydrogen) atoms. The number of carbonyl (C=O) groups excluding carboxylic acids is 1. The molecule has 0 radical (unpaired) electrons. The van der Waals surface area contributed by atoms with Gasteiger partial charge in [-0.3, -0.25) is 9.69 Å². The highest BCUT2D eigenvalue weighted by molar-refractivity contribution is 5.97. The standard InChI is InChI=1S/C35H41N7O2/c1-6-32(43)42-19-18-41(22-28(42)20-36-4)34-29-16-17-40(31-15-8-12-26-11-7-10-24(2)33(26)31)23-30(29)37-35(38-34)44-25(3)21-39(5)27-13-9-14-27/h1,7-8,10-12,15,25,27-28H,9,13-14,16-23H2,2-3,5H3/t25-,28-/m0/s1. The number of rotatable bonds is 8. The Morgan fingerprint density at radius 2 is 1.98 bits per heavy atom. The van der Waals surface area contributed by atoms with Crippen molar-refractivity contribution in [3.05, 3.63) is 64.6 Å². The van der Waals surface area contributed by atoms with Crippen LogP contribution in [0.2, 0.25) is 0 Å². The van der Waals surface area contributed by atoms with Crippen molar-refractivity contribution in [1.29, 1.82) is 0 Å². The Bertz CT molecular complexity index is 1620. The number of terminal acetylenes is 1. The average Bonchev–Trinajstić information content (AvgIpc) is 2.99. The first-order valence-electron chi connectivity index (χ1n) is 15.7. The van der Waals surface area contributed by atoms with E-state index in [0.29, 0.717) is 38.2 Å². The molecular formula is C35H41N7O2. The van der Waals surface area contributed by atoms with Gasteiger partial charge in [-0.2, -0.15) is 9.97 Å². The van der Waals surface area contributed by atoms with E-state index in [1.165, 1.54) is 41.3 Å². The fourth-order valence-corrected chi connectivity index (χ4v) is 6.94. The number of aryl methyl sites for hydroxylation is 1. The van der Waals surface area contributed by atoms with Gasteiger partial charge < -0.3 is 24.3 Å². The van der Waals surface area contributed by atoms with Gasteiger partial charge in [-0.25, -0.2) is 6.57 Å². The quantitative estimate of drug-likeness (QED) is 0.286. The van der Waals surface area contributed by atoms with Crippen LogP contribution in [0.1, 0.15) is 43.0 Å². The smallest absolute Gasteiger partial charge is 0.318 e. The number of piperazine rings is 1. The van der Waals surface area contributed by atoms with Crippen LogP contribution in [0, 0.1) is 25.8 Å². The van der Waals surface area contributed by atoms with E-state index in [0.717, 1.165) is 36.6 Å². The van der Waals surface area contributed by atoms with Crippen LogP contribution in [0.3, 0.4) is 0 Å². The van der Waals surface area contributed by atoms with Gasteiger partial charge in [-0.1, -0.05) is 36.8 Å². The molecule has 0 N–H and O–H groups in total. The Hall–Kier alpha value is -4.34. The highest BCUT2D eigenvalue weighted by Gasteiger charge is 2.35. The van der Waals surface area contributed by atoms with E-state index in [-0.39, 0.29) is 24.6 Å². The molecule has 9 heteroatoms. The number of aromatic nitrogens is 2. The molecule has 2 aliphatic heterocycles. The summed E-state index contributed by atoms with van der Waals surface area (Å²) in [6.45, 7) is 15.8. The minimum Gasteiger partial charge on any atom is -0.459 e. The number of likely N-dealkylation sites (N-methyl/N-ethyl adjacent to an activating group) is 1. The lowest BCUT2D eigenvalue weighted by Crippen LogP contribution is -2.56. The summed E-state index contributed by atoms with van der Waals surface area (Å²) in [7, 11) is 2.17. The van der Waals surface area contributed by atoms with Gasteiger partial charge in [-0.05, 0) is 63.1 Å². The normalized spacial score (nSPS) is 19.2. The largest absolute Gasteiger partial charge is 0.459 e. The maximum absolute atomic E-state index is 12.5. The van der Waals surface area contributed by atoms with E-state index in [1.807, 2.05) is 0 Å². The lowest BCUT2D eigenvalue weighted by atomic mass is 9.92. The van der Waals surface area contributed by atoms with Crippen LogP contribution >= 0.6 is 0 Å². The Balaban J connectivity index is 1.33. The van der Waals surface area contributed by atoms with Crippen LogP contribution in [0.5, 0.6) is 6.01 Å². The summed E-state index contributed by atoms with van der Waals surface area (Å²) in [5, 5.41) is 2.50. The van der Waals surface area contributed by atoms with Crippen molar-refractivity contribution in [3.8, 4) is 18.4 Å². The average molecular weight is 592 g/mol. The fraction of sp³-hybridized carbons (Fsp3) is 0.486. The van der Waals surface area contributed by atoms with Gasteiger partial charge in [0.1, 0.15) is 18.0 Å². The van der Waals surface area contributed by atoms with Gasteiger partial charge in [0, 0.05) is 55.4 Å². The molecule has 2 atom stereocenters. The van der Waals surface area contributed by atoms with Crippen molar-refractivity contribution in [1.82, 2.24) is 19.8 Å². The molecule has 3 aliphatic rings. The molecule has 1 saturated carbocycles. The van der Waals surface area contributed by atoms with Gasteiger partial charge in [0.25, 0.3) is 5.91 Å². The molecule has 228 valence electrons. The maximum atomic E-state index is 12.5. The van der Waals surface area contributed by atoms with Crippen molar-refractivity contribution in [3.63, 3.8) is 0 Å². The molecule has 3 heterocycles. The second-order valence-electron chi connectivity index (χ2n) is 12.4. The third-order valence-corrected chi connectivity index (χ3v) is 9.47. The Morgan fingerprint density at radius 1 is 1.18 bits per heavy atom. The molecule has 6 rings (SSSR count). The Kier molecular flexibility index (Phi) is 8.59. The molecule has 1 aliphatic carbocycles. The minimum absolute atomic E-state index is 0.0770. The SMILES string of the molecule is [C-]#[N+]C[C@H]1CN(c2nc(O[C@@H](C)CN(C)C3CCC3)nc3c2CCN(c2cccc4cccc(C)c24)C3)CCN1C(=O)C#C. The third kappa shape index (κ3) is 5.89. The van der Waals surface area contributed by atoms with Crippen molar-refractivity contribution in [2.75, 3.05) is 56.1 Å². The van der Waals surface area contributed by atoms with Crippen LogP contribution in [-0.4, -0.2) is 90.2 Å². The molecule has 2 fully saturated rings. The van der Waals surface area contributed by atoms with E-state index in [1.54, 1.807) is 4.90 Å². The number of benzene rings is 2. The molecular weight excluding hydrogens is 550 g/mol. The summed E-state index contributed by atoms with van der Waals surface area (Å²) >= 11 is 0. The minimum atomic E-state index is -0.363. The number of hydrogen-bond acceptors (Lipinski definition) is 7. The first-order chi connectivity index (χ1) is 21.4. The summed E-state index contributed by atoms with van der Waals surface area (Å²) in [6, 6.07) is 13.7. The van der Waals surface area contributed by atoms with E-state index >= 15 is 0 Å². The number of amides is 1. The van der Waals surface area contributed by atoms with Crippen LogP contribution in [-0.2, 0) is 17.8 Å². The third-order valence-electron chi connectivity index (χ3n) is 9.47. The molecule has 0 unspecified atom stereocenters. The zero-order valence-corrected chi connectivity index (χ0v) is 26.0. The van der Waals surface area contributed by atoms with Gasteiger partial charge in [0.05, 0.1) is 12.2 Å². The Labute approximate surface area is 260 Å². The second kappa shape index (κ2) is 12.7. The van der Waals surface area contributed by atoms with Gasteiger partial charge in [-0.15, -0.1) is 6.42 Å². The lowest BCUT2D eigenvalue weighted by Gasteiger charge is -2.41. The van der Waals surface area contributed by atoms with E-state index in [4.69, 9.17) is 27.7 Å². The van der Waals surface area contributed by atoms with Crippen LogP contribution in [0.25, 0.3) is 15.6 Å². The van der Waals surface area contributed by atoms with Crippen molar-refractivity contribution < 1.29 is 9.53 Å². The van der Waals surface area contributed by atoms with E-state index < -0.39 is 0 Å². The van der Waals surface area contributed by atoms with Crippen LogP contribution in [0.4, 0.5) is 11.5 Å². The number of anilines is 2. The first-order valence-corrected chi connectivity index (χ1v) is 15.7. The molecule has 1 amide bonds. The monoisotopic (exact) mass is 591 g/mol. The molecule has 3 aromatic rings. The summed E-state index contributed by atoms with van der Waals surface area (Å²) in [5.74, 6) is 2.72. The van der Waals surface area contributed by atoms with E-state index in [2.05, 4.69) is 82.8 Å². The zero-order chi connectivity index (χ0) is 30.8. The molecule has 2 aromatic carbocycles.